The number of piperazine rings is 4. The topological polar surface area (TPSA) is 654 Å². The van der Waals surface area contributed by atoms with E-state index in [1.165, 1.54) is 12.1 Å². The number of carbonyl (C=O) groups excluding carboxylic acids is 2. The summed E-state index contributed by atoms with van der Waals surface area (Å²) in [5.74, 6) is -3.95. The molecule has 0 saturated carbocycles. The number of amides is 2. The fourth-order valence-corrected chi connectivity index (χ4v) is 20.5. The number of aliphatic hydroxyl groups is 8. The fourth-order valence-electron chi connectivity index (χ4n) is 19.8. The molecule has 16 rings (SSSR count). The molecule has 0 radical (unpaired) electrons. The quantitative estimate of drug-likeness (QED) is 0.0112. The van der Waals surface area contributed by atoms with Crippen LogP contribution in [0.1, 0.15) is 60.2 Å². The van der Waals surface area contributed by atoms with Gasteiger partial charge >= 0.3 is 10.4 Å². The molecule has 804 valence electrons. The van der Waals surface area contributed by atoms with Crippen molar-refractivity contribution in [1.82, 2.24) is 61.4 Å². The number of aromatic nitrogens is 6. The van der Waals surface area contributed by atoms with Crippen molar-refractivity contribution in [2.45, 2.75) is 137 Å². The van der Waals surface area contributed by atoms with Gasteiger partial charge in [0.05, 0.1) is 115 Å². The standard InChI is InChI=1S/C98H130N24O26S/c1-59-51-103-19-25-117(59)27-33-141-83-47-63(15-17-105-83)121-65-11-12-66(121)54-119(53-65)77-49-75(111-113-93(77)99)71-9-5-3-7-69(71)73-43-61(95(131)107-21-29-135-35-39-139-41-37-137-31-23-109-115-101)45-79(91(73)145-97-89(129)87(127)85(125)81(57-123)143-97)147-149(133,134)148-80-46-62(96(132)108-22-30-136-36-40-140-42-38-138-32-24-110-116-102)44-74(92(80)146-98-90(130)88(128)86(126)82(58-124)144-98)70-8-4-6-10-72(70)76-50-78(94(100)114-112-76)120-55-67-13-14-68(56-120)122(67)64-16-18-106-84(48-64)142-34-28-118-26-20-104-52-60(118)2/h3-10,15-18,43-50,59-60,65-68,81-82,85-90,97-98,103-104,123-130H,11-14,19-42,51-58H2,1-2H3,(H2,99,113)(H2,100,114)(H,107,131)(H,108,132)/t59-,60-,65?,66?,67?,68?,81-,82-,85+,86+,87+,88+,89-,90-,97+,98+/m1/s1. The van der Waals surface area contributed by atoms with Crippen LogP contribution in [0, 0.1) is 0 Å². The van der Waals surface area contributed by atoms with Gasteiger partial charge in [0.2, 0.25) is 24.3 Å². The van der Waals surface area contributed by atoms with E-state index >= 15 is 18.0 Å². The Labute approximate surface area is 859 Å². The van der Waals surface area contributed by atoms with Gasteiger partial charge in [-0.25, -0.2) is 9.97 Å². The van der Waals surface area contributed by atoms with Crippen LogP contribution in [0.3, 0.4) is 0 Å². The maximum absolute atomic E-state index is 16.3. The number of azide groups is 2. The van der Waals surface area contributed by atoms with Gasteiger partial charge in [0.1, 0.15) is 62.0 Å². The van der Waals surface area contributed by atoms with Gasteiger partial charge in [0.25, 0.3) is 11.8 Å². The zero-order valence-corrected chi connectivity index (χ0v) is 83.6. The summed E-state index contributed by atoms with van der Waals surface area (Å²) in [6.45, 7) is 13.2. The lowest BCUT2D eigenvalue weighted by Gasteiger charge is -2.43. The van der Waals surface area contributed by atoms with Gasteiger partial charge < -0.3 is 158 Å². The number of anilines is 6. The summed E-state index contributed by atoms with van der Waals surface area (Å²) >= 11 is 0. The molecule has 4 aromatic heterocycles. The number of benzene rings is 4. The van der Waals surface area contributed by atoms with Crippen LogP contribution in [0.2, 0.25) is 0 Å². The highest BCUT2D eigenvalue weighted by atomic mass is 32.3. The molecule has 12 heterocycles. The van der Waals surface area contributed by atoms with Crippen molar-refractivity contribution in [1.29, 1.82) is 0 Å². The number of pyridine rings is 2. The molecule has 4 unspecified atom stereocenters. The summed E-state index contributed by atoms with van der Waals surface area (Å²) in [7, 11) is -6.04. The highest BCUT2D eigenvalue weighted by molar-refractivity contribution is 7.82. The molecule has 50 nitrogen and oxygen atoms in total. The first kappa shape index (κ1) is 109. The molecule has 2 amide bonds. The molecule has 8 aliphatic heterocycles. The molecule has 4 bridgehead atoms. The molecule has 8 aromatic rings. The molecular weight excluding hydrogens is 1960 g/mol. The predicted octanol–water partition coefficient (Wildman–Crippen LogP) is 2.19. The summed E-state index contributed by atoms with van der Waals surface area (Å²) < 4.78 is 117. The SMILES string of the molecule is C[C@@H]1CNCCN1CCOc1cc(N2C3CCC2CN(c2cc(-c4ccccc4-c4cc(C(=O)NCCOCCOCCOCCN=[N+]=[N-])cc(OS(=O)(=O)Oc5cc(C(=O)NCCOCCOCCOCCN=[N+]=[N-])cc(-c6ccccc6-c6cc(N7CC8CCC(C7)N8c7ccnc(OCCN8CCNC[C@H]8C)c7)c(N)nn6)c5O[C@@H]5O[C@H](CO)[C@H](O)[C@H](O)[C@H]5O)c4O[C@@H]4O[C@H](CO)[C@H](O)[C@H](O)[C@H]4O)nnc2N)C3)ccn1. The Morgan fingerprint density at radius 3 is 1.23 bits per heavy atom. The molecule has 0 spiro atoms. The highest BCUT2D eigenvalue weighted by Gasteiger charge is 2.49. The monoisotopic (exact) mass is 2090 g/mol. The number of nitrogens with two attached hydrogens (primary N) is 2. The van der Waals surface area contributed by atoms with Crippen LogP contribution < -0.4 is 79.6 Å². The van der Waals surface area contributed by atoms with Gasteiger partial charge in [-0.1, -0.05) is 58.8 Å². The first-order valence-electron chi connectivity index (χ1n) is 50.0. The minimum Gasteiger partial charge on any atom is -0.476 e. The number of aliphatic hydroxyl groups excluding tert-OH is 8. The lowest BCUT2D eigenvalue weighted by Crippen LogP contribution is -2.60. The Bertz CT molecular complexity index is 5640. The van der Waals surface area contributed by atoms with Gasteiger partial charge in [0.15, 0.2) is 34.6 Å². The van der Waals surface area contributed by atoms with E-state index < -0.39 is 120 Å². The summed E-state index contributed by atoms with van der Waals surface area (Å²) in [6.07, 6.45) is -13.4. The second-order valence-electron chi connectivity index (χ2n) is 37.1. The summed E-state index contributed by atoms with van der Waals surface area (Å²) in [4.78, 5) is 59.0. The van der Waals surface area contributed by atoms with Crippen LogP contribution in [-0.2, 0) is 48.3 Å². The van der Waals surface area contributed by atoms with Crippen molar-refractivity contribution in [2.24, 2.45) is 10.2 Å². The summed E-state index contributed by atoms with van der Waals surface area (Å²) in [5, 5.41) is 129. The van der Waals surface area contributed by atoms with Crippen molar-refractivity contribution >= 4 is 56.6 Å². The van der Waals surface area contributed by atoms with Gasteiger partial charge in [-0.15, -0.1) is 28.8 Å². The number of nitrogens with zero attached hydrogens (tertiary/aromatic N) is 18. The maximum Gasteiger partial charge on any atom is 0.501 e. The molecular formula is C98H130N24O26S. The van der Waals surface area contributed by atoms with Crippen LogP contribution in [0.5, 0.6) is 34.8 Å². The average molecular weight is 2090 g/mol. The van der Waals surface area contributed by atoms with E-state index in [1.54, 1.807) is 73.1 Å². The number of hydrogen-bond acceptors (Lipinski definition) is 44. The van der Waals surface area contributed by atoms with E-state index in [1.807, 2.05) is 24.3 Å². The van der Waals surface area contributed by atoms with E-state index in [4.69, 9.17) is 87.7 Å². The molecule has 16 atom stereocenters. The van der Waals surface area contributed by atoms with Crippen molar-refractivity contribution in [3.8, 4) is 79.5 Å². The largest absolute Gasteiger partial charge is 0.501 e. The van der Waals surface area contributed by atoms with E-state index in [0.29, 0.717) is 74.6 Å². The van der Waals surface area contributed by atoms with E-state index in [2.05, 4.69) is 115 Å². The van der Waals surface area contributed by atoms with Gasteiger partial charge in [-0.3, -0.25) is 19.4 Å². The molecule has 8 aliphatic rings. The zero-order valence-electron chi connectivity index (χ0n) is 82.8. The molecule has 4 aromatic carbocycles. The third-order valence-electron chi connectivity index (χ3n) is 27.3. The minimum absolute atomic E-state index is 0.0279. The van der Waals surface area contributed by atoms with E-state index in [9.17, 15) is 40.9 Å². The van der Waals surface area contributed by atoms with Crippen LogP contribution in [0.15, 0.2) is 132 Å². The van der Waals surface area contributed by atoms with Gasteiger partial charge in [-0.05, 0) is 110 Å². The number of nitrogens with one attached hydrogen (secondary N) is 4. The lowest BCUT2D eigenvalue weighted by atomic mass is 9.94. The highest BCUT2D eigenvalue weighted by Crippen LogP contribution is 2.51. The Balaban J connectivity index is 0.767. The molecule has 8 fully saturated rings. The summed E-state index contributed by atoms with van der Waals surface area (Å²) in [6, 6.07) is 29.3. The Kier molecular flexibility index (Phi) is 38.8. The Morgan fingerprint density at radius 2 is 0.852 bits per heavy atom. The number of hydrogen-bond donors (Lipinski definition) is 14. The first-order valence-corrected chi connectivity index (χ1v) is 51.4. The normalized spacial score (nSPS) is 24.0. The average Bonchev–Trinajstić information content (AvgIpc) is 1.57. The molecule has 8 saturated heterocycles. The third-order valence-corrected chi connectivity index (χ3v) is 28.1. The molecule has 0 aliphatic carbocycles. The number of rotatable bonds is 52. The van der Waals surface area contributed by atoms with Gasteiger partial charge in [0, 0.05) is 220 Å². The van der Waals surface area contributed by atoms with Crippen LogP contribution in [0.4, 0.5) is 34.4 Å². The van der Waals surface area contributed by atoms with Crippen molar-refractivity contribution in [2.75, 3.05) is 241 Å². The molecule has 149 heavy (non-hydrogen) atoms. The Hall–Kier alpha value is -12.3. The number of carbonyl (C=O) groups is 2. The molecule has 16 N–H and O–H groups in total. The lowest BCUT2D eigenvalue weighted by molar-refractivity contribution is -0.277. The van der Waals surface area contributed by atoms with Crippen LogP contribution in [0.25, 0.3) is 65.7 Å². The Morgan fingerprint density at radius 1 is 0.477 bits per heavy atom. The van der Waals surface area contributed by atoms with Crippen molar-refractivity contribution in [3.63, 3.8) is 0 Å². The maximum atomic E-state index is 16.3. The van der Waals surface area contributed by atoms with Crippen LogP contribution >= 0.6 is 0 Å². The van der Waals surface area contributed by atoms with Crippen molar-refractivity contribution in [3.05, 3.63) is 154 Å². The van der Waals surface area contributed by atoms with E-state index in [-0.39, 0.29) is 197 Å². The fraction of sp³-hybridized carbons (Fsp3) is 0.551. The predicted molar refractivity (Wildman–Crippen MR) is 541 cm³/mol. The smallest absolute Gasteiger partial charge is 0.476 e. The number of fused-ring (bicyclic) bond motifs is 4. The first-order chi connectivity index (χ1) is 72.4. The second-order valence-corrected chi connectivity index (χ2v) is 38.2. The summed E-state index contributed by atoms with van der Waals surface area (Å²) in [5.41, 5.74) is 33.6. The zero-order chi connectivity index (χ0) is 104. The minimum atomic E-state index is -6.04. The third kappa shape index (κ3) is 27.7. The number of ether oxygens (including phenoxy) is 12. The van der Waals surface area contributed by atoms with E-state index in [0.717, 1.165) is 102 Å². The van der Waals surface area contributed by atoms with Gasteiger partial charge in [-0.2, -0.15) is 0 Å². The second kappa shape index (κ2) is 52.9. The molecule has 51 heteroatoms. The van der Waals surface area contributed by atoms with Crippen molar-refractivity contribution < 1.29 is 124 Å². The number of nitrogen functional groups attached to an aromatic ring is 2. The van der Waals surface area contributed by atoms with Crippen LogP contribution in [-0.4, -0.2) is 409 Å².